The first kappa shape index (κ1) is 15.9. The summed E-state index contributed by atoms with van der Waals surface area (Å²) in [7, 11) is 0. The maximum Gasteiger partial charge on any atom is 0.0536 e. The Morgan fingerprint density at radius 2 is 2.00 bits per heavy atom. The topological polar surface area (TPSA) is 30.5 Å². The fourth-order valence-corrected chi connectivity index (χ4v) is 2.31. The number of hydrogen-bond acceptors (Lipinski definition) is 3. The van der Waals surface area contributed by atoms with E-state index in [0.29, 0.717) is 17.3 Å². The van der Waals surface area contributed by atoms with Gasteiger partial charge in [0.1, 0.15) is 0 Å². The first-order chi connectivity index (χ1) is 8.54. The van der Waals surface area contributed by atoms with Crippen LogP contribution in [-0.2, 0) is 9.47 Å². The molecule has 0 aromatic heterocycles. The number of rotatable bonds is 9. The van der Waals surface area contributed by atoms with E-state index in [1.54, 1.807) is 0 Å². The third-order valence-electron chi connectivity index (χ3n) is 3.47. The van der Waals surface area contributed by atoms with Gasteiger partial charge in [-0.25, -0.2) is 0 Å². The van der Waals surface area contributed by atoms with Gasteiger partial charge < -0.3 is 14.8 Å². The van der Waals surface area contributed by atoms with E-state index in [1.807, 2.05) is 0 Å². The Balaban J connectivity index is 2.24. The maximum absolute atomic E-state index is 5.73. The van der Waals surface area contributed by atoms with Crippen molar-refractivity contribution >= 4 is 0 Å². The lowest BCUT2D eigenvalue weighted by molar-refractivity contribution is 0.0671. The van der Waals surface area contributed by atoms with Crippen molar-refractivity contribution in [2.75, 3.05) is 39.5 Å². The van der Waals surface area contributed by atoms with Crippen LogP contribution < -0.4 is 5.32 Å². The van der Waals surface area contributed by atoms with E-state index in [2.05, 4.69) is 33.0 Å². The van der Waals surface area contributed by atoms with Crippen LogP contribution in [0, 0.1) is 17.3 Å². The summed E-state index contributed by atoms with van der Waals surface area (Å²) in [6.45, 7) is 14.6. The highest BCUT2D eigenvalue weighted by Gasteiger charge is 2.34. The van der Waals surface area contributed by atoms with Gasteiger partial charge >= 0.3 is 0 Å². The van der Waals surface area contributed by atoms with Crippen LogP contribution in [0.2, 0.25) is 0 Å². The molecular formula is C15H31NO2. The normalized spacial score (nSPS) is 24.3. The van der Waals surface area contributed by atoms with Crippen LogP contribution in [0.15, 0.2) is 0 Å². The highest BCUT2D eigenvalue weighted by Crippen LogP contribution is 2.31. The van der Waals surface area contributed by atoms with Gasteiger partial charge in [0.2, 0.25) is 0 Å². The van der Waals surface area contributed by atoms with Gasteiger partial charge in [-0.15, -0.1) is 0 Å². The molecule has 0 saturated carbocycles. The van der Waals surface area contributed by atoms with Gasteiger partial charge in [0, 0.05) is 31.8 Å². The second-order valence-corrected chi connectivity index (χ2v) is 6.55. The fraction of sp³-hybridized carbons (Fsp3) is 1.00. The van der Waals surface area contributed by atoms with Crippen LogP contribution in [0.5, 0.6) is 0 Å². The third kappa shape index (κ3) is 6.17. The van der Waals surface area contributed by atoms with Crippen molar-refractivity contribution in [3.63, 3.8) is 0 Å². The largest absolute Gasteiger partial charge is 0.381 e. The first-order valence-corrected chi connectivity index (χ1v) is 7.40. The average molecular weight is 257 g/mol. The van der Waals surface area contributed by atoms with Crippen LogP contribution in [0.3, 0.4) is 0 Å². The van der Waals surface area contributed by atoms with Crippen molar-refractivity contribution in [1.29, 1.82) is 0 Å². The maximum atomic E-state index is 5.73. The molecule has 1 N–H and O–H groups in total. The van der Waals surface area contributed by atoms with Crippen molar-refractivity contribution in [2.45, 2.75) is 40.5 Å². The van der Waals surface area contributed by atoms with Crippen LogP contribution in [-0.4, -0.2) is 39.5 Å². The predicted octanol–water partition coefficient (Wildman–Crippen LogP) is 2.70. The van der Waals surface area contributed by atoms with Gasteiger partial charge in [-0.3, -0.25) is 0 Å². The minimum Gasteiger partial charge on any atom is -0.381 e. The lowest BCUT2D eigenvalue weighted by Crippen LogP contribution is -2.37. The van der Waals surface area contributed by atoms with Crippen molar-refractivity contribution in [1.82, 2.24) is 5.32 Å². The SMILES string of the molecule is CC(C)CNCC1(CCOCC(C)C)CCOC1. The summed E-state index contributed by atoms with van der Waals surface area (Å²) in [6, 6.07) is 0. The van der Waals surface area contributed by atoms with E-state index in [-0.39, 0.29) is 0 Å². The van der Waals surface area contributed by atoms with Crippen molar-refractivity contribution < 1.29 is 9.47 Å². The second-order valence-electron chi connectivity index (χ2n) is 6.55. The Labute approximate surface area is 113 Å². The molecule has 0 aromatic rings. The molecule has 1 saturated heterocycles. The van der Waals surface area contributed by atoms with E-state index >= 15 is 0 Å². The summed E-state index contributed by atoms with van der Waals surface area (Å²) in [6.07, 6.45) is 2.29. The van der Waals surface area contributed by atoms with E-state index in [9.17, 15) is 0 Å². The molecule has 1 rings (SSSR count). The first-order valence-electron chi connectivity index (χ1n) is 7.40. The zero-order valence-electron chi connectivity index (χ0n) is 12.6. The summed E-state index contributed by atoms with van der Waals surface area (Å²) in [5.41, 5.74) is 0.311. The average Bonchev–Trinajstić information content (AvgIpc) is 2.73. The lowest BCUT2D eigenvalue weighted by atomic mass is 9.84. The highest BCUT2D eigenvalue weighted by atomic mass is 16.5. The molecule has 1 heterocycles. The minimum atomic E-state index is 0.311. The molecule has 1 atom stereocenters. The number of hydrogen-bond donors (Lipinski definition) is 1. The van der Waals surface area contributed by atoms with Gasteiger partial charge in [0.15, 0.2) is 0 Å². The summed E-state index contributed by atoms with van der Waals surface area (Å²) >= 11 is 0. The molecule has 1 aliphatic heterocycles. The zero-order valence-corrected chi connectivity index (χ0v) is 12.6. The van der Waals surface area contributed by atoms with Crippen molar-refractivity contribution in [2.24, 2.45) is 17.3 Å². The molecule has 0 bridgehead atoms. The molecular weight excluding hydrogens is 226 g/mol. The Kier molecular flexibility index (Phi) is 7.20. The minimum absolute atomic E-state index is 0.311. The molecule has 0 aliphatic carbocycles. The number of nitrogens with one attached hydrogen (secondary N) is 1. The lowest BCUT2D eigenvalue weighted by Gasteiger charge is -2.28. The summed E-state index contributed by atoms with van der Waals surface area (Å²) < 4.78 is 11.3. The van der Waals surface area contributed by atoms with Crippen molar-refractivity contribution in [3.8, 4) is 0 Å². The molecule has 0 aromatic carbocycles. The Hall–Kier alpha value is -0.120. The van der Waals surface area contributed by atoms with Crippen LogP contribution >= 0.6 is 0 Å². The molecule has 0 amide bonds. The van der Waals surface area contributed by atoms with Crippen molar-refractivity contribution in [3.05, 3.63) is 0 Å². The molecule has 0 spiro atoms. The number of ether oxygens (including phenoxy) is 2. The summed E-state index contributed by atoms with van der Waals surface area (Å²) in [5.74, 6) is 1.33. The van der Waals surface area contributed by atoms with Crippen LogP contribution in [0.1, 0.15) is 40.5 Å². The predicted molar refractivity (Wildman–Crippen MR) is 75.9 cm³/mol. The van der Waals surface area contributed by atoms with E-state index in [0.717, 1.165) is 45.9 Å². The molecule has 108 valence electrons. The molecule has 3 nitrogen and oxygen atoms in total. The van der Waals surface area contributed by atoms with Gasteiger partial charge in [-0.05, 0) is 31.2 Å². The van der Waals surface area contributed by atoms with E-state index in [1.165, 1.54) is 6.42 Å². The Morgan fingerprint density at radius 1 is 1.22 bits per heavy atom. The molecule has 3 heteroatoms. The van der Waals surface area contributed by atoms with Crippen LogP contribution in [0.25, 0.3) is 0 Å². The van der Waals surface area contributed by atoms with Gasteiger partial charge in [-0.1, -0.05) is 27.7 Å². The molecule has 1 fully saturated rings. The summed E-state index contributed by atoms with van der Waals surface area (Å²) in [4.78, 5) is 0. The molecule has 0 radical (unpaired) electrons. The Morgan fingerprint density at radius 3 is 2.56 bits per heavy atom. The molecule has 1 unspecified atom stereocenters. The van der Waals surface area contributed by atoms with Gasteiger partial charge in [-0.2, -0.15) is 0 Å². The molecule has 18 heavy (non-hydrogen) atoms. The van der Waals surface area contributed by atoms with Crippen LogP contribution in [0.4, 0.5) is 0 Å². The second kappa shape index (κ2) is 8.13. The van der Waals surface area contributed by atoms with Gasteiger partial charge in [0.05, 0.1) is 6.61 Å². The zero-order chi connectivity index (χ0) is 13.4. The Bertz CT molecular complexity index is 211. The van der Waals surface area contributed by atoms with E-state index < -0.39 is 0 Å². The smallest absolute Gasteiger partial charge is 0.0536 e. The fourth-order valence-electron chi connectivity index (χ4n) is 2.31. The highest BCUT2D eigenvalue weighted by molar-refractivity contribution is 4.85. The third-order valence-corrected chi connectivity index (χ3v) is 3.47. The molecule has 1 aliphatic rings. The van der Waals surface area contributed by atoms with E-state index in [4.69, 9.17) is 9.47 Å². The quantitative estimate of drug-likeness (QED) is 0.644. The standard InChI is InChI=1S/C15H31NO2/c1-13(2)9-16-11-15(6-8-18-12-15)5-7-17-10-14(3)4/h13-14,16H,5-12H2,1-4H3. The summed E-state index contributed by atoms with van der Waals surface area (Å²) in [5, 5.41) is 3.58. The monoisotopic (exact) mass is 257 g/mol. The van der Waals surface area contributed by atoms with Gasteiger partial charge in [0.25, 0.3) is 0 Å².